The highest BCUT2D eigenvalue weighted by molar-refractivity contribution is 6.07. The maximum atomic E-state index is 12.4. The third-order valence-corrected chi connectivity index (χ3v) is 3.15. The maximum Gasteiger partial charge on any atom is 0.335 e. The van der Waals surface area contributed by atoms with E-state index in [1.807, 2.05) is 0 Å². The van der Waals surface area contributed by atoms with Crippen LogP contribution in [0.3, 0.4) is 0 Å². The first-order valence-corrected chi connectivity index (χ1v) is 6.04. The van der Waals surface area contributed by atoms with Gasteiger partial charge in [0.2, 0.25) is 0 Å². The average Bonchev–Trinajstić information content (AvgIpc) is 2.76. The smallest absolute Gasteiger partial charge is 0.335 e. The monoisotopic (exact) mass is 273 g/mol. The number of carboxylic acids is 1. The Balaban J connectivity index is 2.29. The maximum absolute atomic E-state index is 12.4. The van der Waals surface area contributed by atoms with Gasteiger partial charge in [-0.2, -0.15) is 5.10 Å². The summed E-state index contributed by atoms with van der Waals surface area (Å²) < 4.78 is 0. The second kappa shape index (κ2) is 5.16. The number of H-pyrrole nitrogens is 1. The number of carbonyl (C=O) groups is 2. The van der Waals surface area contributed by atoms with Crippen molar-refractivity contribution in [1.29, 1.82) is 0 Å². The van der Waals surface area contributed by atoms with Crippen LogP contribution in [0, 0.1) is 13.8 Å². The molecule has 0 saturated carbocycles. The van der Waals surface area contributed by atoms with Crippen LogP contribution in [-0.2, 0) is 0 Å². The van der Waals surface area contributed by atoms with Crippen LogP contribution in [0.4, 0.5) is 5.69 Å². The molecule has 0 aliphatic heterocycles. The molecule has 0 aliphatic carbocycles. The number of benzene rings is 1. The van der Waals surface area contributed by atoms with E-state index < -0.39 is 5.97 Å². The van der Waals surface area contributed by atoms with Gasteiger partial charge >= 0.3 is 5.97 Å². The number of carboxylic acid groups (broad SMARTS) is 1. The van der Waals surface area contributed by atoms with Gasteiger partial charge in [0.1, 0.15) is 0 Å². The molecule has 0 radical (unpaired) electrons. The fraction of sp³-hybridized carbons (Fsp3) is 0.214. The number of rotatable bonds is 3. The fourth-order valence-electron chi connectivity index (χ4n) is 1.98. The summed E-state index contributed by atoms with van der Waals surface area (Å²) in [5.74, 6) is -1.18. The second-order valence-corrected chi connectivity index (χ2v) is 4.53. The molecule has 2 rings (SSSR count). The number of aromatic carboxylic acids is 1. The summed E-state index contributed by atoms with van der Waals surface area (Å²) in [5.41, 5.74) is 2.70. The van der Waals surface area contributed by atoms with E-state index in [2.05, 4.69) is 10.2 Å². The molecule has 6 heteroatoms. The lowest BCUT2D eigenvalue weighted by molar-refractivity contribution is 0.0696. The summed E-state index contributed by atoms with van der Waals surface area (Å²) in [4.78, 5) is 24.7. The van der Waals surface area contributed by atoms with Crippen molar-refractivity contribution in [3.05, 3.63) is 46.8 Å². The lowest BCUT2D eigenvalue weighted by Gasteiger charge is -2.17. The number of amides is 1. The summed E-state index contributed by atoms with van der Waals surface area (Å²) in [7, 11) is 1.64. The van der Waals surface area contributed by atoms with Crippen LogP contribution in [0.5, 0.6) is 0 Å². The van der Waals surface area contributed by atoms with E-state index in [1.165, 1.54) is 17.0 Å². The van der Waals surface area contributed by atoms with Crippen LogP contribution in [0.2, 0.25) is 0 Å². The number of hydrogen-bond donors (Lipinski definition) is 2. The Morgan fingerprint density at radius 3 is 2.25 bits per heavy atom. The molecule has 0 bridgehead atoms. The summed E-state index contributed by atoms with van der Waals surface area (Å²) >= 11 is 0. The molecule has 0 saturated heterocycles. The summed E-state index contributed by atoms with van der Waals surface area (Å²) in [6, 6.07) is 6.14. The summed E-state index contributed by atoms with van der Waals surface area (Å²) in [6.07, 6.45) is 0. The number of nitrogens with one attached hydrogen (secondary N) is 1. The zero-order valence-corrected chi connectivity index (χ0v) is 11.5. The molecule has 6 nitrogen and oxygen atoms in total. The van der Waals surface area contributed by atoms with Gasteiger partial charge in [0.05, 0.1) is 16.8 Å². The normalized spacial score (nSPS) is 10.3. The van der Waals surface area contributed by atoms with Crippen LogP contribution >= 0.6 is 0 Å². The predicted octanol–water partition coefficient (Wildman–Crippen LogP) is 2.00. The zero-order chi connectivity index (χ0) is 14.9. The Labute approximate surface area is 116 Å². The van der Waals surface area contributed by atoms with Gasteiger partial charge in [0.25, 0.3) is 5.91 Å². The molecule has 1 heterocycles. The van der Waals surface area contributed by atoms with E-state index in [0.717, 1.165) is 0 Å². The van der Waals surface area contributed by atoms with Crippen LogP contribution in [0.1, 0.15) is 32.1 Å². The van der Waals surface area contributed by atoms with Crippen LogP contribution in [0.25, 0.3) is 0 Å². The first kappa shape index (κ1) is 13.8. The van der Waals surface area contributed by atoms with Gasteiger partial charge in [-0.15, -0.1) is 0 Å². The SMILES string of the molecule is Cc1n[nH]c(C)c1C(=O)N(C)c1ccc(C(=O)O)cc1. The highest BCUT2D eigenvalue weighted by Gasteiger charge is 2.20. The molecule has 0 unspecified atom stereocenters. The van der Waals surface area contributed by atoms with Gasteiger partial charge < -0.3 is 10.0 Å². The van der Waals surface area contributed by atoms with E-state index >= 15 is 0 Å². The minimum absolute atomic E-state index is 0.183. The molecule has 2 aromatic rings. The molecule has 1 aromatic heterocycles. The lowest BCUT2D eigenvalue weighted by atomic mass is 10.1. The van der Waals surface area contributed by atoms with Crippen LogP contribution < -0.4 is 4.90 Å². The molecule has 2 N–H and O–H groups in total. The Kier molecular flexibility index (Phi) is 3.56. The standard InChI is InChI=1S/C14H15N3O3/c1-8-12(9(2)16-15-8)13(18)17(3)11-6-4-10(5-7-11)14(19)20/h4-7H,1-3H3,(H,15,16)(H,19,20). The van der Waals surface area contributed by atoms with Crippen molar-refractivity contribution in [3.8, 4) is 0 Å². The third-order valence-electron chi connectivity index (χ3n) is 3.15. The van der Waals surface area contributed by atoms with Gasteiger partial charge in [-0.3, -0.25) is 9.89 Å². The van der Waals surface area contributed by atoms with Gasteiger partial charge in [-0.1, -0.05) is 0 Å². The largest absolute Gasteiger partial charge is 0.478 e. The quantitative estimate of drug-likeness (QED) is 0.895. The van der Waals surface area contributed by atoms with Crippen molar-refractivity contribution < 1.29 is 14.7 Å². The Morgan fingerprint density at radius 1 is 1.20 bits per heavy atom. The van der Waals surface area contributed by atoms with E-state index in [-0.39, 0.29) is 11.5 Å². The fourth-order valence-corrected chi connectivity index (χ4v) is 1.98. The Morgan fingerprint density at radius 2 is 1.80 bits per heavy atom. The minimum atomic E-state index is -0.993. The first-order chi connectivity index (χ1) is 9.41. The highest BCUT2D eigenvalue weighted by Crippen LogP contribution is 2.19. The number of hydrogen-bond acceptors (Lipinski definition) is 3. The lowest BCUT2D eigenvalue weighted by Crippen LogP contribution is -2.27. The first-order valence-electron chi connectivity index (χ1n) is 6.04. The van der Waals surface area contributed by atoms with E-state index in [4.69, 9.17) is 5.11 Å². The van der Waals surface area contributed by atoms with Crippen molar-refractivity contribution in [1.82, 2.24) is 10.2 Å². The molecule has 0 atom stereocenters. The average molecular weight is 273 g/mol. The van der Waals surface area contributed by atoms with Gasteiger partial charge in [-0.05, 0) is 38.1 Å². The molecule has 20 heavy (non-hydrogen) atoms. The Bertz CT molecular complexity index is 639. The number of carbonyl (C=O) groups excluding carboxylic acids is 1. The number of anilines is 1. The van der Waals surface area contributed by atoms with Gasteiger partial charge in [-0.25, -0.2) is 4.79 Å². The molecular weight excluding hydrogens is 258 g/mol. The van der Waals surface area contributed by atoms with Crippen LogP contribution in [-0.4, -0.2) is 34.2 Å². The molecule has 1 amide bonds. The van der Waals surface area contributed by atoms with Crippen LogP contribution in [0.15, 0.2) is 24.3 Å². The molecule has 104 valence electrons. The highest BCUT2D eigenvalue weighted by atomic mass is 16.4. The molecule has 0 aliphatic rings. The molecule has 0 spiro atoms. The summed E-state index contributed by atoms with van der Waals surface area (Å²) in [6.45, 7) is 3.55. The van der Waals surface area contributed by atoms with Crippen molar-refractivity contribution in [2.24, 2.45) is 0 Å². The molecule has 1 aromatic carbocycles. The predicted molar refractivity (Wildman–Crippen MR) is 74.2 cm³/mol. The molecular formula is C14H15N3O3. The van der Waals surface area contributed by atoms with E-state index in [9.17, 15) is 9.59 Å². The molecule has 0 fully saturated rings. The number of aromatic nitrogens is 2. The zero-order valence-electron chi connectivity index (χ0n) is 11.5. The summed E-state index contributed by atoms with van der Waals surface area (Å²) in [5, 5.41) is 15.6. The van der Waals surface area contributed by atoms with Crippen molar-refractivity contribution in [3.63, 3.8) is 0 Å². The van der Waals surface area contributed by atoms with Gasteiger partial charge in [0.15, 0.2) is 0 Å². The van der Waals surface area contributed by atoms with Crippen molar-refractivity contribution in [2.45, 2.75) is 13.8 Å². The minimum Gasteiger partial charge on any atom is -0.478 e. The number of nitrogens with zero attached hydrogens (tertiary/aromatic N) is 2. The van der Waals surface area contributed by atoms with E-state index in [0.29, 0.717) is 22.6 Å². The topological polar surface area (TPSA) is 86.3 Å². The van der Waals surface area contributed by atoms with Crippen molar-refractivity contribution >= 4 is 17.6 Å². The Hall–Kier alpha value is -2.63. The number of aromatic amines is 1. The number of aryl methyl sites for hydroxylation is 2. The van der Waals surface area contributed by atoms with Crippen molar-refractivity contribution in [2.75, 3.05) is 11.9 Å². The van der Waals surface area contributed by atoms with E-state index in [1.54, 1.807) is 33.0 Å². The second-order valence-electron chi connectivity index (χ2n) is 4.53. The third kappa shape index (κ3) is 2.40. The van der Waals surface area contributed by atoms with Gasteiger partial charge in [0, 0.05) is 18.4 Å².